The number of thiazole rings is 1. The third-order valence-corrected chi connectivity index (χ3v) is 4.77. The second kappa shape index (κ2) is 7.61. The van der Waals surface area contributed by atoms with Crippen molar-refractivity contribution in [3.8, 4) is 11.4 Å². The maximum Gasteiger partial charge on any atom is 0.251 e. The van der Waals surface area contributed by atoms with E-state index in [0.29, 0.717) is 17.9 Å². The third-order valence-electron chi connectivity index (χ3n) is 3.72. The molecule has 3 aromatic rings. The Bertz CT molecular complexity index is 915. The smallest absolute Gasteiger partial charge is 0.251 e. The van der Waals surface area contributed by atoms with Gasteiger partial charge in [-0.05, 0) is 32.0 Å². The van der Waals surface area contributed by atoms with Crippen LogP contribution in [0.3, 0.4) is 0 Å². The van der Waals surface area contributed by atoms with Crippen LogP contribution in [-0.2, 0) is 6.54 Å². The van der Waals surface area contributed by atoms with E-state index in [-0.39, 0.29) is 5.91 Å². The van der Waals surface area contributed by atoms with Crippen molar-refractivity contribution in [1.82, 2.24) is 20.3 Å². The summed E-state index contributed by atoms with van der Waals surface area (Å²) < 4.78 is 0. The second-order valence-corrected chi connectivity index (χ2v) is 7.09. The first-order chi connectivity index (χ1) is 12.4. The van der Waals surface area contributed by atoms with E-state index in [1.54, 1.807) is 17.4 Å². The van der Waals surface area contributed by atoms with Gasteiger partial charge in [0.2, 0.25) is 0 Å². The van der Waals surface area contributed by atoms with Crippen LogP contribution in [0.4, 0.5) is 5.13 Å². The quantitative estimate of drug-likeness (QED) is 0.750. The van der Waals surface area contributed by atoms with E-state index >= 15 is 0 Å². The summed E-state index contributed by atoms with van der Waals surface area (Å²) >= 11 is 1.55. The number of aromatic nitrogens is 3. The molecule has 0 atom stereocenters. The molecule has 2 aromatic heterocycles. The van der Waals surface area contributed by atoms with Crippen LogP contribution < -0.4 is 10.2 Å². The highest BCUT2D eigenvalue weighted by molar-refractivity contribution is 7.13. The highest BCUT2D eigenvalue weighted by Gasteiger charge is 2.10. The summed E-state index contributed by atoms with van der Waals surface area (Å²) in [7, 11) is 3.89. The summed E-state index contributed by atoms with van der Waals surface area (Å²) in [6.07, 6.45) is 0. The predicted molar refractivity (Wildman–Crippen MR) is 105 cm³/mol. The number of amides is 1. The molecule has 0 aliphatic rings. The number of nitrogens with one attached hydrogen (secondary N) is 1. The van der Waals surface area contributed by atoms with Gasteiger partial charge >= 0.3 is 0 Å². The highest BCUT2D eigenvalue weighted by atomic mass is 32.1. The molecule has 0 fully saturated rings. The van der Waals surface area contributed by atoms with Crippen molar-refractivity contribution in [2.45, 2.75) is 20.4 Å². The molecule has 1 amide bonds. The van der Waals surface area contributed by atoms with Gasteiger partial charge in [0.15, 0.2) is 11.0 Å². The number of hydrogen-bond acceptors (Lipinski definition) is 6. The molecule has 1 N–H and O–H groups in total. The Hall–Kier alpha value is -2.80. The van der Waals surface area contributed by atoms with Crippen LogP contribution in [0.1, 0.15) is 27.4 Å². The van der Waals surface area contributed by atoms with Gasteiger partial charge in [0.25, 0.3) is 5.91 Å². The number of rotatable bonds is 5. The van der Waals surface area contributed by atoms with Gasteiger partial charge in [-0.15, -0.1) is 11.3 Å². The van der Waals surface area contributed by atoms with Gasteiger partial charge < -0.3 is 10.2 Å². The molecule has 0 radical (unpaired) electrons. The summed E-state index contributed by atoms with van der Waals surface area (Å²) in [5.41, 5.74) is 4.06. The average Bonchev–Trinajstić information content (AvgIpc) is 3.08. The Morgan fingerprint density at radius 2 is 1.85 bits per heavy atom. The second-order valence-electron chi connectivity index (χ2n) is 6.25. The molecule has 0 unspecified atom stereocenters. The predicted octanol–water partition coefficient (Wildman–Crippen LogP) is 3.21. The first-order valence-electron chi connectivity index (χ1n) is 8.25. The molecule has 1 aromatic carbocycles. The van der Waals surface area contributed by atoms with E-state index < -0.39 is 0 Å². The molecule has 6 nitrogen and oxygen atoms in total. The SMILES string of the molecule is Cc1cc(C)nc(-c2cccc(C(=O)NCc3csc(N(C)C)n3)c2)n1. The summed E-state index contributed by atoms with van der Waals surface area (Å²) in [5.74, 6) is 0.489. The van der Waals surface area contributed by atoms with Crippen LogP contribution >= 0.6 is 11.3 Å². The van der Waals surface area contributed by atoms with Gasteiger partial charge in [-0.2, -0.15) is 0 Å². The molecule has 7 heteroatoms. The van der Waals surface area contributed by atoms with Gasteiger partial charge in [0, 0.05) is 42.0 Å². The largest absolute Gasteiger partial charge is 0.354 e. The number of aryl methyl sites for hydroxylation is 2. The molecule has 2 heterocycles. The molecule has 3 rings (SSSR count). The average molecular weight is 367 g/mol. The van der Waals surface area contributed by atoms with Gasteiger partial charge in [-0.25, -0.2) is 15.0 Å². The van der Waals surface area contributed by atoms with E-state index in [2.05, 4.69) is 20.3 Å². The first-order valence-corrected chi connectivity index (χ1v) is 9.13. The van der Waals surface area contributed by atoms with E-state index in [4.69, 9.17) is 0 Å². The van der Waals surface area contributed by atoms with Crippen LogP contribution in [0.25, 0.3) is 11.4 Å². The fraction of sp³-hybridized carbons (Fsp3) is 0.263. The van der Waals surface area contributed by atoms with Crippen molar-refractivity contribution < 1.29 is 4.79 Å². The minimum absolute atomic E-state index is 0.143. The van der Waals surface area contributed by atoms with E-state index in [1.165, 1.54) is 0 Å². The number of benzene rings is 1. The number of hydrogen-bond donors (Lipinski definition) is 1. The Labute approximate surface area is 157 Å². The van der Waals surface area contributed by atoms with E-state index in [0.717, 1.165) is 27.8 Å². The van der Waals surface area contributed by atoms with Crippen molar-refractivity contribution in [1.29, 1.82) is 0 Å². The summed E-state index contributed by atoms with van der Waals surface area (Å²) in [4.78, 5) is 27.8. The number of carbonyl (C=O) groups excluding carboxylic acids is 1. The highest BCUT2D eigenvalue weighted by Crippen LogP contribution is 2.19. The molecule has 0 saturated carbocycles. The monoisotopic (exact) mass is 367 g/mol. The summed E-state index contributed by atoms with van der Waals surface area (Å²) in [6, 6.07) is 9.28. The van der Waals surface area contributed by atoms with Gasteiger partial charge in [-0.3, -0.25) is 4.79 Å². The molecular weight excluding hydrogens is 346 g/mol. The molecule has 0 saturated heterocycles. The Morgan fingerprint density at radius 1 is 1.12 bits per heavy atom. The summed E-state index contributed by atoms with van der Waals surface area (Å²) in [5, 5.41) is 5.79. The zero-order valence-electron chi connectivity index (χ0n) is 15.3. The van der Waals surface area contributed by atoms with Crippen molar-refractivity contribution in [2.24, 2.45) is 0 Å². The minimum Gasteiger partial charge on any atom is -0.354 e. The molecule has 0 aliphatic heterocycles. The molecule has 0 aliphatic carbocycles. The van der Waals surface area contributed by atoms with Crippen LogP contribution in [-0.4, -0.2) is 35.0 Å². The standard InChI is InChI=1S/C19H21N5OS/c1-12-8-13(2)22-17(21-12)14-6-5-7-15(9-14)18(25)20-10-16-11-26-19(23-16)24(3)4/h5-9,11H,10H2,1-4H3,(H,20,25). The topological polar surface area (TPSA) is 71.0 Å². The maximum absolute atomic E-state index is 12.5. The van der Waals surface area contributed by atoms with Gasteiger partial charge in [0.05, 0.1) is 12.2 Å². The van der Waals surface area contributed by atoms with Crippen LogP contribution in [0.15, 0.2) is 35.7 Å². The van der Waals surface area contributed by atoms with Crippen molar-refractivity contribution in [2.75, 3.05) is 19.0 Å². The van der Waals surface area contributed by atoms with E-state index in [1.807, 2.05) is 62.5 Å². The molecule has 0 spiro atoms. The molecule has 26 heavy (non-hydrogen) atoms. The zero-order valence-corrected chi connectivity index (χ0v) is 16.1. The lowest BCUT2D eigenvalue weighted by Gasteiger charge is -2.07. The normalized spacial score (nSPS) is 10.6. The Balaban J connectivity index is 1.73. The number of anilines is 1. The molecule has 0 bridgehead atoms. The third kappa shape index (κ3) is 4.23. The van der Waals surface area contributed by atoms with Gasteiger partial charge in [0.1, 0.15) is 0 Å². The van der Waals surface area contributed by atoms with Crippen molar-refractivity contribution >= 4 is 22.4 Å². The van der Waals surface area contributed by atoms with E-state index in [9.17, 15) is 4.79 Å². The Kier molecular flexibility index (Phi) is 5.27. The lowest BCUT2D eigenvalue weighted by Crippen LogP contribution is -2.23. The van der Waals surface area contributed by atoms with Crippen LogP contribution in [0.5, 0.6) is 0 Å². The van der Waals surface area contributed by atoms with Crippen LogP contribution in [0, 0.1) is 13.8 Å². The summed E-state index contributed by atoms with van der Waals surface area (Å²) in [6.45, 7) is 4.27. The minimum atomic E-state index is -0.143. The fourth-order valence-corrected chi connectivity index (χ4v) is 3.27. The molecule has 134 valence electrons. The van der Waals surface area contributed by atoms with Crippen molar-refractivity contribution in [3.63, 3.8) is 0 Å². The lowest BCUT2D eigenvalue weighted by molar-refractivity contribution is 0.0950. The molecular formula is C19H21N5OS. The van der Waals surface area contributed by atoms with Crippen LogP contribution in [0.2, 0.25) is 0 Å². The lowest BCUT2D eigenvalue weighted by atomic mass is 10.1. The maximum atomic E-state index is 12.5. The first kappa shape index (κ1) is 18.0. The van der Waals surface area contributed by atoms with Crippen molar-refractivity contribution in [3.05, 3.63) is 58.4 Å². The van der Waals surface area contributed by atoms with Gasteiger partial charge in [-0.1, -0.05) is 12.1 Å². The Morgan fingerprint density at radius 3 is 2.50 bits per heavy atom. The number of carbonyl (C=O) groups is 1. The fourth-order valence-electron chi connectivity index (χ4n) is 2.51. The number of nitrogens with zero attached hydrogens (tertiary/aromatic N) is 4. The zero-order chi connectivity index (χ0) is 18.7.